The third kappa shape index (κ3) is 3.53. The second-order valence-corrected chi connectivity index (χ2v) is 12.9. The molecule has 2 heterocycles. The van der Waals surface area contributed by atoms with Crippen molar-refractivity contribution in [2.75, 3.05) is 12.3 Å². The van der Waals surface area contributed by atoms with E-state index in [0.717, 1.165) is 11.3 Å². The fraction of sp³-hybridized carbons (Fsp3) is 0.500. The summed E-state index contributed by atoms with van der Waals surface area (Å²) < 4.78 is 0. The van der Waals surface area contributed by atoms with Gasteiger partial charge in [0, 0.05) is 11.3 Å². The minimum absolute atomic E-state index is 0.0978. The molecule has 26 heavy (non-hydrogen) atoms. The van der Waals surface area contributed by atoms with Gasteiger partial charge in [-0.1, -0.05) is 91.1 Å². The van der Waals surface area contributed by atoms with Crippen molar-refractivity contribution in [2.24, 2.45) is 0 Å². The topological polar surface area (TPSA) is 0 Å². The van der Waals surface area contributed by atoms with E-state index >= 15 is 0 Å². The van der Waals surface area contributed by atoms with Crippen LogP contribution in [-0.2, 0) is 12.3 Å². The number of hydrogen-bond acceptors (Lipinski definition) is 0. The van der Waals surface area contributed by atoms with Crippen LogP contribution in [0.5, 0.6) is 0 Å². The summed E-state index contributed by atoms with van der Waals surface area (Å²) in [5, 5.41) is 0. The lowest BCUT2D eigenvalue weighted by molar-refractivity contribution is 0.847. The predicted molar refractivity (Wildman–Crippen MR) is 119 cm³/mol. The highest BCUT2D eigenvalue weighted by atomic mass is 31.1. The first kappa shape index (κ1) is 18.7. The van der Waals surface area contributed by atoms with E-state index in [0.29, 0.717) is 0 Å². The number of unbranched alkanes of at least 4 members (excludes halogenated alkanes) is 2. The lowest BCUT2D eigenvalue weighted by atomic mass is 9.98. The van der Waals surface area contributed by atoms with Crippen molar-refractivity contribution in [2.45, 2.75) is 63.2 Å². The molecule has 138 valence electrons. The molecule has 4 atom stereocenters. The summed E-state index contributed by atoms with van der Waals surface area (Å²) in [7, 11) is 0.196. The van der Waals surface area contributed by atoms with Gasteiger partial charge >= 0.3 is 0 Å². The Morgan fingerprint density at radius 1 is 0.692 bits per heavy atom. The molecule has 0 saturated heterocycles. The van der Waals surface area contributed by atoms with Gasteiger partial charge in [-0.2, -0.15) is 0 Å². The number of rotatable bonds is 7. The molecule has 0 nitrogen and oxygen atoms in total. The second-order valence-electron chi connectivity index (χ2n) is 7.94. The Labute approximate surface area is 162 Å². The normalized spacial score (nSPS) is 26.7. The largest absolute Gasteiger partial charge is 0.0935 e. The van der Waals surface area contributed by atoms with Crippen LogP contribution in [0.2, 0.25) is 0 Å². The van der Waals surface area contributed by atoms with E-state index in [2.05, 4.69) is 62.4 Å². The third-order valence-corrected chi connectivity index (χ3v) is 12.4. The quantitative estimate of drug-likeness (QED) is 0.425. The Hall–Kier alpha value is -0.700. The predicted octanol–water partition coefficient (Wildman–Crippen LogP) is 8.06. The van der Waals surface area contributed by atoms with Gasteiger partial charge in [0.2, 0.25) is 0 Å². The average molecular weight is 382 g/mol. The van der Waals surface area contributed by atoms with Crippen molar-refractivity contribution >= 4 is 15.8 Å². The molecule has 0 aromatic heterocycles. The molecule has 0 bridgehead atoms. The molecular weight excluding hydrogens is 350 g/mol. The van der Waals surface area contributed by atoms with Crippen LogP contribution in [0.15, 0.2) is 48.5 Å². The monoisotopic (exact) mass is 382 g/mol. The molecule has 0 fully saturated rings. The van der Waals surface area contributed by atoms with Gasteiger partial charge in [-0.05, 0) is 59.7 Å². The highest BCUT2D eigenvalue weighted by molar-refractivity contribution is 7.62. The number of fused-ring (bicyclic) bond motifs is 2. The summed E-state index contributed by atoms with van der Waals surface area (Å²) >= 11 is 0. The Kier molecular flexibility index (Phi) is 6.13. The van der Waals surface area contributed by atoms with Gasteiger partial charge in [0.25, 0.3) is 0 Å². The van der Waals surface area contributed by atoms with Gasteiger partial charge in [0.05, 0.1) is 0 Å². The van der Waals surface area contributed by atoms with Crippen LogP contribution in [0.4, 0.5) is 0 Å². The third-order valence-electron chi connectivity index (χ3n) is 6.18. The van der Waals surface area contributed by atoms with Gasteiger partial charge in [-0.3, -0.25) is 0 Å². The lowest BCUT2D eigenvalue weighted by Gasteiger charge is -2.32. The molecule has 2 aliphatic rings. The first-order valence-corrected chi connectivity index (χ1v) is 14.0. The van der Waals surface area contributed by atoms with Crippen LogP contribution in [0.3, 0.4) is 0 Å². The fourth-order valence-corrected chi connectivity index (χ4v) is 12.6. The van der Waals surface area contributed by atoms with Crippen LogP contribution >= 0.6 is 15.8 Å². The van der Waals surface area contributed by atoms with E-state index in [4.69, 9.17) is 0 Å². The van der Waals surface area contributed by atoms with E-state index in [1.165, 1.54) is 50.3 Å². The number of benzene rings is 2. The Balaban J connectivity index is 1.73. The van der Waals surface area contributed by atoms with Crippen molar-refractivity contribution in [1.82, 2.24) is 0 Å². The summed E-state index contributed by atoms with van der Waals surface area (Å²) in [5.74, 6) is 0. The molecule has 3 unspecified atom stereocenters. The molecule has 2 aromatic carbocycles. The zero-order chi connectivity index (χ0) is 17.9. The van der Waals surface area contributed by atoms with E-state index in [9.17, 15) is 0 Å². The van der Waals surface area contributed by atoms with Gasteiger partial charge < -0.3 is 0 Å². The van der Waals surface area contributed by atoms with Gasteiger partial charge in [-0.15, -0.1) is 0 Å². The Morgan fingerprint density at radius 3 is 1.54 bits per heavy atom. The van der Waals surface area contributed by atoms with Gasteiger partial charge in [0.15, 0.2) is 0 Å². The molecule has 2 aliphatic heterocycles. The summed E-state index contributed by atoms with van der Waals surface area (Å²) in [6.07, 6.45) is 11.2. The molecule has 0 saturated carbocycles. The van der Waals surface area contributed by atoms with Crippen molar-refractivity contribution in [3.63, 3.8) is 0 Å². The van der Waals surface area contributed by atoms with Gasteiger partial charge in [0.1, 0.15) is 0 Å². The maximum atomic E-state index is 2.47. The zero-order valence-corrected chi connectivity index (χ0v) is 18.1. The summed E-state index contributed by atoms with van der Waals surface area (Å²) in [4.78, 5) is 0. The zero-order valence-electron chi connectivity index (χ0n) is 16.3. The van der Waals surface area contributed by atoms with E-state index in [1.54, 1.807) is 22.3 Å². The Morgan fingerprint density at radius 2 is 1.12 bits per heavy atom. The van der Waals surface area contributed by atoms with Crippen molar-refractivity contribution in [3.05, 3.63) is 70.8 Å². The highest BCUT2D eigenvalue weighted by Crippen LogP contribution is 2.75. The van der Waals surface area contributed by atoms with Crippen LogP contribution in [-0.4, -0.2) is 12.3 Å². The number of hydrogen-bond donors (Lipinski definition) is 0. The van der Waals surface area contributed by atoms with E-state index in [-0.39, 0.29) is 15.8 Å². The van der Waals surface area contributed by atoms with E-state index in [1.807, 2.05) is 0 Å². The molecular formula is C24H32P2. The van der Waals surface area contributed by atoms with Crippen molar-refractivity contribution in [3.8, 4) is 0 Å². The second kappa shape index (κ2) is 8.54. The molecule has 0 spiro atoms. The standard InChI is InChI=1S/C24H32P2/c1-3-5-15-25-17-19-11-7-9-13-21(19)23(25)24-22-14-10-8-12-20(22)18-26(24)16-6-4-2/h7-14,23-24H,3-6,15-18H2,1-2H3/t23?,24?,25-,26?/m0/s1. The minimum atomic E-state index is 0.0978. The molecule has 2 aromatic rings. The maximum Gasteiger partial charge on any atom is 0.0156 e. The van der Waals surface area contributed by atoms with Crippen LogP contribution in [0.1, 0.15) is 73.1 Å². The molecule has 0 radical (unpaired) electrons. The Bertz CT molecular complexity index is 675. The minimum Gasteiger partial charge on any atom is -0.0935 e. The average Bonchev–Trinajstić information content (AvgIpc) is 3.21. The van der Waals surface area contributed by atoms with Crippen molar-refractivity contribution < 1.29 is 0 Å². The first-order valence-electron chi connectivity index (χ1n) is 10.5. The smallest absolute Gasteiger partial charge is 0.0156 e. The van der Waals surface area contributed by atoms with Crippen LogP contribution in [0, 0.1) is 0 Å². The van der Waals surface area contributed by atoms with Crippen LogP contribution in [0.25, 0.3) is 0 Å². The fourth-order valence-electron chi connectivity index (χ4n) is 4.86. The summed E-state index contributed by atoms with van der Waals surface area (Å²) in [6.45, 7) is 4.71. The van der Waals surface area contributed by atoms with Crippen molar-refractivity contribution in [1.29, 1.82) is 0 Å². The molecule has 0 amide bonds. The molecule has 4 rings (SSSR count). The molecule has 0 aliphatic carbocycles. The highest BCUT2D eigenvalue weighted by Gasteiger charge is 2.44. The summed E-state index contributed by atoms with van der Waals surface area (Å²) in [6, 6.07) is 18.9. The van der Waals surface area contributed by atoms with Crippen LogP contribution < -0.4 is 0 Å². The lowest BCUT2D eigenvalue weighted by Crippen LogP contribution is -2.06. The van der Waals surface area contributed by atoms with Gasteiger partial charge in [-0.25, -0.2) is 0 Å². The molecule has 2 heteroatoms. The van der Waals surface area contributed by atoms with E-state index < -0.39 is 0 Å². The summed E-state index contributed by atoms with van der Waals surface area (Å²) in [5.41, 5.74) is 8.46. The SMILES string of the molecule is CCCCP1Cc2ccccc2C1C1c2ccccc2C[P@]1CCCC. The maximum absolute atomic E-state index is 2.47. The first-order chi connectivity index (χ1) is 12.8. The molecule has 0 N–H and O–H groups in total.